The fourth-order valence-corrected chi connectivity index (χ4v) is 2.97. The van der Waals surface area contributed by atoms with Crippen LogP contribution in [0.15, 0.2) is 46.3 Å². The third kappa shape index (κ3) is 4.95. The van der Waals surface area contributed by atoms with Gasteiger partial charge in [-0.25, -0.2) is 4.79 Å². The van der Waals surface area contributed by atoms with Gasteiger partial charge in [-0.1, -0.05) is 29.8 Å². The van der Waals surface area contributed by atoms with Crippen molar-refractivity contribution in [3.63, 3.8) is 0 Å². The zero-order valence-electron chi connectivity index (χ0n) is 11.3. The van der Waals surface area contributed by atoms with Crippen molar-refractivity contribution in [2.75, 3.05) is 6.61 Å². The van der Waals surface area contributed by atoms with Gasteiger partial charge in [0, 0.05) is 6.08 Å². The van der Waals surface area contributed by atoms with Crippen molar-refractivity contribution in [2.45, 2.75) is 6.92 Å². The summed E-state index contributed by atoms with van der Waals surface area (Å²) in [7, 11) is 0. The van der Waals surface area contributed by atoms with Gasteiger partial charge in [0.2, 0.25) is 5.78 Å². The lowest BCUT2D eigenvalue weighted by atomic mass is 10.1. The second kappa shape index (κ2) is 7.33. The molecule has 3 nitrogen and oxygen atoms in total. The van der Waals surface area contributed by atoms with Crippen molar-refractivity contribution in [3.8, 4) is 0 Å². The largest absolute Gasteiger partial charge is 0.454 e. The minimum absolute atomic E-state index is 0.206. The van der Waals surface area contributed by atoms with Crippen molar-refractivity contribution in [1.29, 1.82) is 0 Å². The topological polar surface area (TPSA) is 43.4 Å². The highest BCUT2D eigenvalue weighted by molar-refractivity contribution is 9.11. The normalized spacial score (nSPS) is 10.8. The molecule has 0 radical (unpaired) electrons. The summed E-state index contributed by atoms with van der Waals surface area (Å²) in [6.07, 6.45) is 2.99. The Labute approximate surface area is 135 Å². The molecule has 0 spiro atoms. The number of ketones is 1. The Bertz CT molecular complexity index is 688. The molecule has 0 saturated heterocycles. The molecular weight excluding hydrogens is 352 g/mol. The Morgan fingerprint density at radius 2 is 2.10 bits per heavy atom. The first kappa shape index (κ1) is 15.7. The van der Waals surface area contributed by atoms with Gasteiger partial charge in [0.25, 0.3) is 0 Å². The molecule has 0 bridgehead atoms. The second-order valence-corrected chi connectivity index (χ2v) is 6.85. The maximum Gasteiger partial charge on any atom is 0.331 e. The van der Waals surface area contributed by atoms with Crippen molar-refractivity contribution in [2.24, 2.45) is 0 Å². The SMILES string of the molecule is Cc1cccc(/C=C/C(=O)OCC(=O)c2ccc(Br)s2)c1. The average Bonchev–Trinajstić information content (AvgIpc) is 2.89. The minimum atomic E-state index is -0.527. The zero-order chi connectivity index (χ0) is 15.2. The van der Waals surface area contributed by atoms with Gasteiger partial charge >= 0.3 is 5.97 Å². The van der Waals surface area contributed by atoms with Crippen LogP contribution in [0.2, 0.25) is 0 Å². The fraction of sp³-hybridized carbons (Fsp3) is 0.125. The number of hydrogen-bond donors (Lipinski definition) is 0. The number of ether oxygens (including phenoxy) is 1. The Kier molecular flexibility index (Phi) is 5.47. The van der Waals surface area contributed by atoms with E-state index in [-0.39, 0.29) is 12.4 Å². The van der Waals surface area contributed by atoms with E-state index in [9.17, 15) is 9.59 Å². The molecule has 0 saturated carbocycles. The van der Waals surface area contributed by atoms with Crippen molar-refractivity contribution < 1.29 is 14.3 Å². The summed E-state index contributed by atoms with van der Waals surface area (Å²) >= 11 is 4.60. The minimum Gasteiger partial charge on any atom is -0.454 e. The van der Waals surface area contributed by atoms with Gasteiger partial charge < -0.3 is 4.74 Å². The van der Waals surface area contributed by atoms with Crippen molar-refractivity contribution in [3.05, 3.63) is 62.3 Å². The van der Waals surface area contributed by atoms with Crippen LogP contribution in [0.25, 0.3) is 6.08 Å². The van der Waals surface area contributed by atoms with E-state index in [1.54, 1.807) is 18.2 Å². The van der Waals surface area contributed by atoms with Crippen molar-refractivity contribution in [1.82, 2.24) is 0 Å². The second-order valence-electron chi connectivity index (χ2n) is 4.38. The molecule has 0 atom stereocenters. The quantitative estimate of drug-likeness (QED) is 0.452. The number of carbonyl (C=O) groups excluding carboxylic acids is 2. The van der Waals surface area contributed by atoms with E-state index >= 15 is 0 Å². The summed E-state index contributed by atoms with van der Waals surface area (Å²) < 4.78 is 5.81. The molecule has 108 valence electrons. The number of hydrogen-bond acceptors (Lipinski definition) is 4. The highest BCUT2D eigenvalue weighted by Crippen LogP contribution is 2.22. The monoisotopic (exact) mass is 364 g/mol. The third-order valence-electron chi connectivity index (χ3n) is 2.65. The fourth-order valence-electron chi connectivity index (χ4n) is 1.66. The van der Waals surface area contributed by atoms with Crippen LogP contribution in [0.4, 0.5) is 0 Å². The molecule has 1 aromatic carbocycles. The van der Waals surface area contributed by atoms with Gasteiger partial charge in [-0.05, 0) is 46.6 Å². The first-order valence-corrected chi connectivity index (χ1v) is 7.85. The van der Waals surface area contributed by atoms with Crippen LogP contribution < -0.4 is 0 Å². The van der Waals surface area contributed by atoms with Crippen LogP contribution in [0.3, 0.4) is 0 Å². The summed E-state index contributed by atoms with van der Waals surface area (Å²) in [6, 6.07) is 11.2. The van der Waals surface area contributed by atoms with E-state index in [2.05, 4.69) is 15.9 Å². The van der Waals surface area contributed by atoms with E-state index in [1.165, 1.54) is 17.4 Å². The molecule has 2 aromatic rings. The molecule has 0 fully saturated rings. The van der Waals surface area contributed by atoms with Gasteiger partial charge in [-0.15, -0.1) is 11.3 Å². The Balaban J connectivity index is 1.86. The summed E-state index contributed by atoms with van der Waals surface area (Å²) in [5, 5.41) is 0. The predicted octanol–water partition coefficient (Wildman–Crippen LogP) is 4.26. The van der Waals surface area contributed by atoms with Crippen LogP contribution >= 0.6 is 27.3 Å². The highest BCUT2D eigenvalue weighted by Gasteiger charge is 2.10. The molecule has 0 aliphatic carbocycles. The molecule has 2 rings (SSSR count). The van der Waals surface area contributed by atoms with Crippen molar-refractivity contribution >= 4 is 45.1 Å². The van der Waals surface area contributed by atoms with Gasteiger partial charge in [0.1, 0.15) is 0 Å². The zero-order valence-corrected chi connectivity index (χ0v) is 13.7. The summed E-state index contributed by atoms with van der Waals surface area (Å²) in [5.74, 6) is -0.733. The molecule has 1 aromatic heterocycles. The van der Waals surface area contributed by atoms with E-state index in [0.717, 1.165) is 14.9 Å². The van der Waals surface area contributed by atoms with E-state index < -0.39 is 5.97 Å². The molecule has 21 heavy (non-hydrogen) atoms. The lowest BCUT2D eigenvalue weighted by Gasteiger charge is -2.00. The van der Waals surface area contributed by atoms with Crippen LogP contribution in [0, 0.1) is 6.92 Å². The number of benzene rings is 1. The van der Waals surface area contributed by atoms with Gasteiger partial charge in [-0.3, -0.25) is 4.79 Å². The van der Waals surface area contributed by atoms with Crippen LogP contribution in [-0.4, -0.2) is 18.4 Å². The van der Waals surface area contributed by atoms with E-state index in [1.807, 2.05) is 31.2 Å². The molecule has 0 unspecified atom stereocenters. The van der Waals surface area contributed by atoms with Gasteiger partial charge in [0.05, 0.1) is 8.66 Å². The first-order valence-electron chi connectivity index (χ1n) is 6.24. The number of esters is 1. The third-order valence-corrected chi connectivity index (χ3v) is 4.31. The van der Waals surface area contributed by atoms with Crippen LogP contribution in [0.1, 0.15) is 20.8 Å². The maximum atomic E-state index is 11.8. The molecule has 0 aliphatic rings. The number of carbonyl (C=O) groups is 2. The standard InChI is InChI=1S/C16H13BrO3S/c1-11-3-2-4-12(9-11)5-8-16(19)20-10-13(18)14-6-7-15(17)21-14/h2-9H,10H2,1H3/b8-5+. The number of aryl methyl sites for hydroxylation is 1. The van der Waals surface area contributed by atoms with Gasteiger partial charge in [0.15, 0.2) is 6.61 Å². The molecule has 0 amide bonds. The number of halogens is 1. The van der Waals surface area contributed by atoms with E-state index in [0.29, 0.717) is 4.88 Å². The first-order chi connectivity index (χ1) is 10.0. The highest BCUT2D eigenvalue weighted by atomic mass is 79.9. The lowest BCUT2D eigenvalue weighted by Crippen LogP contribution is -2.11. The number of rotatable bonds is 5. The van der Waals surface area contributed by atoms with Gasteiger partial charge in [-0.2, -0.15) is 0 Å². The summed E-state index contributed by atoms with van der Waals surface area (Å²) in [4.78, 5) is 23.9. The molecule has 5 heteroatoms. The predicted molar refractivity (Wildman–Crippen MR) is 87.5 cm³/mol. The Hall–Kier alpha value is -1.72. The van der Waals surface area contributed by atoms with Crippen LogP contribution in [0.5, 0.6) is 0 Å². The maximum absolute atomic E-state index is 11.8. The molecule has 1 heterocycles. The molecule has 0 aliphatic heterocycles. The average molecular weight is 365 g/mol. The van der Waals surface area contributed by atoms with E-state index in [4.69, 9.17) is 4.74 Å². The Morgan fingerprint density at radius 1 is 1.29 bits per heavy atom. The summed E-state index contributed by atoms with van der Waals surface area (Å²) in [5.41, 5.74) is 2.03. The van der Waals surface area contributed by atoms with Crippen LogP contribution in [-0.2, 0) is 9.53 Å². The Morgan fingerprint density at radius 3 is 2.76 bits per heavy atom. The lowest BCUT2D eigenvalue weighted by molar-refractivity contribution is -0.136. The number of thiophene rings is 1. The molecule has 0 N–H and O–H groups in total. The smallest absolute Gasteiger partial charge is 0.331 e. The molecular formula is C16H13BrO3S. The number of Topliss-reactive ketones (excluding diaryl/α,β-unsaturated/α-hetero) is 1. The summed E-state index contributed by atoms with van der Waals surface area (Å²) in [6.45, 7) is 1.73.